The van der Waals surface area contributed by atoms with Gasteiger partial charge in [-0.3, -0.25) is 19.7 Å². The number of carbonyl (C=O) groups is 3. The average molecular weight is 495 g/mol. The summed E-state index contributed by atoms with van der Waals surface area (Å²) in [5.41, 5.74) is 1.16. The number of fused-ring (bicyclic) bond motifs is 2. The number of halogens is 1. The molecule has 1 aromatic heterocycles. The van der Waals surface area contributed by atoms with Crippen molar-refractivity contribution in [2.45, 2.75) is 49.0 Å². The van der Waals surface area contributed by atoms with Crippen LogP contribution in [0.4, 0.5) is 16.0 Å². The Kier molecular flexibility index (Phi) is 6.83. The normalized spacial score (nSPS) is 12.6. The van der Waals surface area contributed by atoms with Crippen LogP contribution in [0.3, 0.4) is 0 Å². The van der Waals surface area contributed by atoms with Crippen molar-refractivity contribution in [1.29, 1.82) is 0 Å². The molecule has 0 atom stereocenters. The summed E-state index contributed by atoms with van der Waals surface area (Å²) < 4.78 is 18.9. The van der Waals surface area contributed by atoms with E-state index in [1.54, 1.807) is 24.3 Å². The lowest BCUT2D eigenvalue weighted by Crippen LogP contribution is -2.24. The van der Waals surface area contributed by atoms with Gasteiger partial charge in [-0.25, -0.2) is 14.4 Å². The standard InChI is InChI=1S/C25H23FN4O4S/c1-25(2,3)34-21(31)9-4-14-12-27-24(28-13-14)30-22(32)15-5-7-20-18(10-15)29-23(33)17-11-16(26)6-8-19(17)35-20/h5-8,10-13H,4,9H2,1-3H3,(H,29,33)(H,27,28,30,32). The van der Waals surface area contributed by atoms with Crippen LogP contribution in [0.5, 0.6) is 0 Å². The zero-order valence-corrected chi connectivity index (χ0v) is 20.2. The molecule has 0 unspecified atom stereocenters. The van der Waals surface area contributed by atoms with Gasteiger partial charge in [0.15, 0.2) is 0 Å². The number of aromatic nitrogens is 2. The summed E-state index contributed by atoms with van der Waals surface area (Å²) in [5.74, 6) is -1.61. The Morgan fingerprint density at radius 2 is 1.80 bits per heavy atom. The maximum atomic E-state index is 13.6. The maximum Gasteiger partial charge on any atom is 0.306 e. The average Bonchev–Trinajstić information content (AvgIpc) is 2.92. The molecule has 180 valence electrons. The van der Waals surface area contributed by atoms with Crippen LogP contribution in [-0.2, 0) is 16.0 Å². The van der Waals surface area contributed by atoms with E-state index in [-0.39, 0.29) is 23.9 Å². The molecule has 2 heterocycles. The van der Waals surface area contributed by atoms with Crippen molar-refractivity contribution in [2.24, 2.45) is 0 Å². The predicted molar refractivity (Wildman–Crippen MR) is 129 cm³/mol. The van der Waals surface area contributed by atoms with E-state index >= 15 is 0 Å². The largest absolute Gasteiger partial charge is 0.460 e. The molecule has 8 nitrogen and oxygen atoms in total. The van der Waals surface area contributed by atoms with Crippen molar-refractivity contribution < 1.29 is 23.5 Å². The van der Waals surface area contributed by atoms with E-state index in [0.717, 1.165) is 10.5 Å². The highest BCUT2D eigenvalue weighted by Crippen LogP contribution is 2.39. The van der Waals surface area contributed by atoms with Gasteiger partial charge in [0.1, 0.15) is 11.4 Å². The Morgan fingerprint density at radius 3 is 2.51 bits per heavy atom. The summed E-state index contributed by atoms with van der Waals surface area (Å²) in [5, 5.41) is 5.35. The minimum Gasteiger partial charge on any atom is -0.460 e. The molecule has 2 N–H and O–H groups in total. The monoisotopic (exact) mass is 494 g/mol. The van der Waals surface area contributed by atoms with E-state index in [4.69, 9.17) is 4.74 Å². The first-order valence-corrected chi connectivity index (χ1v) is 11.7. The van der Waals surface area contributed by atoms with Crippen LogP contribution in [0.25, 0.3) is 0 Å². The van der Waals surface area contributed by atoms with Gasteiger partial charge in [0.05, 0.1) is 11.3 Å². The van der Waals surface area contributed by atoms with Gasteiger partial charge in [0.2, 0.25) is 5.95 Å². The molecule has 0 radical (unpaired) electrons. The van der Waals surface area contributed by atoms with E-state index < -0.39 is 23.2 Å². The number of nitrogens with zero attached hydrogens (tertiary/aromatic N) is 2. The molecule has 0 spiro atoms. The molecule has 1 aliphatic heterocycles. The van der Waals surface area contributed by atoms with E-state index in [0.29, 0.717) is 22.6 Å². The second kappa shape index (κ2) is 9.83. The van der Waals surface area contributed by atoms with Crippen molar-refractivity contribution >= 4 is 41.2 Å². The van der Waals surface area contributed by atoms with Crippen molar-refractivity contribution in [2.75, 3.05) is 10.6 Å². The van der Waals surface area contributed by atoms with Crippen molar-refractivity contribution in [3.05, 3.63) is 71.3 Å². The van der Waals surface area contributed by atoms with E-state index in [1.165, 1.54) is 36.3 Å². The van der Waals surface area contributed by atoms with Gasteiger partial charge in [-0.1, -0.05) is 11.8 Å². The fourth-order valence-electron chi connectivity index (χ4n) is 3.30. The van der Waals surface area contributed by atoms with Crippen LogP contribution < -0.4 is 10.6 Å². The number of nitrogens with one attached hydrogen (secondary N) is 2. The second-order valence-electron chi connectivity index (χ2n) is 8.86. The summed E-state index contributed by atoms with van der Waals surface area (Å²) >= 11 is 1.31. The van der Waals surface area contributed by atoms with Gasteiger partial charge in [-0.2, -0.15) is 0 Å². The lowest BCUT2D eigenvalue weighted by atomic mass is 10.1. The number of carbonyl (C=O) groups excluding carboxylic acids is 3. The molecule has 1 aliphatic rings. The molecule has 4 rings (SSSR count). The molecule has 0 bridgehead atoms. The summed E-state index contributed by atoms with van der Waals surface area (Å²) in [6.45, 7) is 5.42. The first-order valence-electron chi connectivity index (χ1n) is 10.8. The van der Waals surface area contributed by atoms with Crippen molar-refractivity contribution in [3.8, 4) is 0 Å². The first kappa shape index (κ1) is 24.3. The Hall–Kier alpha value is -3.79. The molecule has 35 heavy (non-hydrogen) atoms. The number of amides is 2. The number of benzene rings is 2. The van der Waals surface area contributed by atoms with Crippen LogP contribution in [0.2, 0.25) is 0 Å². The summed E-state index contributed by atoms with van der Waals surface area (Å²) in [6.07, 6.45) is 3.69. The highest BCUT2D eigenvalue weighted by Gasteiger charge is 2.22. The Balaban J connectivity index is 1.40. The van der Waals surface area contributed by atoms with Gasteiger partial charge in [-0.15, -0.1) is 0 Å². The molecule has 2 amide bonds. The van der Waals surface area contributed by atoms with E-state index in [2.05, 4.69) is 20.6 Å². The first-order chi connectivity index (χ1) is 16.6. The lowest BCUT2D eigenvalue weighted by Gasteiger charge is -2.19. The number of esters is 1. The molecular formula is C25H23FN4O4S. The fraction of sp³-hybridized carbons (Fsp3) is 0.240. The highest BCUT2D eigenvalue weighted by molar-refractivity contribution is 7.99. The van der Waals surface area contributed by atoms with Crippen LogP contribution in [0, 0.1) is 5.82 Å². The fourth-order valence-corrected chi connectivity index (χ4v) is 4.29. The Morgan fingerprint density at radius 1 is 1.09 bits per heavy atom. The second-order valence-corrected chi connectivity index (χ2v) is 9.95. The van der Waals surface area contributed by atoms with E-state index in [9.17, 15) is 18.8 Å². The molecule has 3 aromatic rings. The number of hydrogen-bond acceptors (Lipinski definition) is 7. The summed E-state index contributed by atoms with van der Waals surface area (Å²) in [4.78, 5) is 46.8. The molecule has 0 fully saturated rings. The van der Waals surface area contributed by atoms with Crippen molar-refractivity contribution in [3.63, 3.8) is 0 Å². The SMILES string of the molecule is CC(C)(C)OC(=O)CCc1cnc(NC(=O)c2ccc3c(c2)NC(=O)c2cc(F)ccc2S3)nc1. The molecule has 0 saturated heterocycles. The minimum absolute atomic E-state index is 0.104. The Labute approximate surface area is 205 Å². The van der Waals surface area contributed by atoms with Crippen LogP contribution >= 0.6 is 11.8 Å². The van der Waals surface area contributed by atoms with Gasteiger partial charge >= 0.3 is 5.97 Å². The molecule has 0 aliphatic carbocycles. The zero-order chi connectivity index (χ0) is 25.2. The number of ether oxygens (including phenoxy) is 1. The predicted octanol–water partition coefficient (Wildman–Crippen LogP) is 4.86. The molecular weight excluding hydrogens is 471 g/mol. The topological polar surface area (TPSA) is 110 Å². The molecule has 10 heteroatoms. The third-order valence-electron chi connectivity index (χ3n) is 4.86. The lowest BCUT2D eigenvalue weighted by molar-refractivity contribution is -0.154. The van der Waals surface area contributed by atoms with Crippen LogP contribution in [0.15, 0.2) is 58.6 Å². The molecule has 0 saturated carbocycles. The van der Waals surface area contributed by atoms with Gasteiger partial charge in [0.25, 0.3) is 11.8 Å². The quantitative estimate of drug-likeness (QED) is 0.488. The van der Waals surface area contributed by atoms with Gasteiger partial charge < -0.3 is 10.1 Å². The van der Waals surface area contributed by atoms with E-state index in [1.807, 2.05) is 20.8 Å². The summed E-state index contributed by atoms with van der Waals surface area (Å²) in [6, 6.07) is 8.93. The number of hydrogen-bond donors (Lipinski definition) is 2. The number of anilines is 2. The zero-order valence-electron chi connectivity index (χ0n) is 19.3. The third kappa shape index (κ3) is 6.21. The highest BCUT2D eigenvalue weighted by atomic mass is 32.2. The number of rotatable bonds is 5. The minimum atomic E-state index is -0.541. The third-order valence-corrected chi connectivity index (χ3v) is 6.02. The summed E-state index contributed by atoms with van der Waals surface area (Å²) in [7, 11) is 0. The van der Waals surface area contributed by atoms with Gasteiger partial charge in [0, 0.05) is 34.2 Å². The maximum absolute atomic E-state index is 13.6. The van der Waals surface area contributed by atoms with Crippen LogP contribution in [0.1, 0.15) is 53.5 Å². The smallest absolute Gasteiger partial charge is 0.306 e. The number of aryl methyl sites for hydroxylation is 1. The van der Waals surface area contributed by atoms with Crippen LogP contribution in [-0.4, -0.2) is 33.4 Å². The van der Waals surface area contributed by atoms with Gasteiger partial charge in [-0.05, 0) is 69.2 Å². The van der Waals surface area contributed by atoms with Crippen molar-refractivity contribution in [1.82, 2.24) is 9.97 Å². The molecule has 2 aromatic carbocycles. The Bertz CT molecular complexity index is 1310.